The fourth-order valence-corrected chi connectivity index (χ4v) is 3.90. The average molecular weight is 369 g/mol. The second-order valence-electron chi connectivity index (χ2n) is 7.65. The predicted octanol–water partition coefficient (Wildman–Crippen LogP) is 0.415. The van der Waals surface area contributed by atoms with E-state index in [-0.39, 0.29) is 17.9 Å². The topological polar surface area (TPSA) is 71.6 Å². The Balaban J connectivity index is 1.45. The zero-order valence-corrected chi connectivity index (χ0v) is 15.9. The summed E-state index contributed by atoms with van der Waals surface area (Å²) in [6.07, 6.45) is 2.02. The molecule has 0 N–H and O–H groups in total. The molecule has 3 aliphatic rings. The van der Waals surface area contributed by atoms with Gasteiger partial charge in [-0.05, 0) is 13.5 Å². The number of amides is 2. The number of ether oxygens (including phenoxy) is 3. The molecule has 148 valence electrons. The molecule has 3 heterocycles. The second-order valence-corrected chi connectivity index (χ2v) is 7.65. The summed E-state index contributed by atoms with van der Waals surface area (Å²) >= 11 is 0. The van der Waals surface area contributed by atoms with Gasteiger partial charge in [0.1, 0.15) is 5.60 Å². The molecule has 8 nitrogen and oxygen atoms in total. The lowest BCUT2D eigenvalue weighted by Crippen LogP contribution is -2.50. The Kier molecular flexibility index (Phi) is 6.37. The molecule has 0 radical (unpaired) electrons. The van der Waals surface area contributed by atoms with Crippen LogP contribution in [0.5, 0.6) is 0 Å². The predicted molar refractivity (Wildman–Crippen MR) is 94.9 cm³/mol. The van der Waals surface area contributed by atoms with Crippen molar-refractivity contribution in [2.75, 3.05) is 73.2 Å². The Morgan fingerprint density at radius 2 is 2.12 bits per heavy atom. The highest BCUT2D eigenvalue weighted by Gasteiger charge is 2.47. The van der Waals surface area contributed by atoms with Crippen LogP contribution in [0.15, 0.2) is 0 Å². The van der Waals surface area contributed by atoms with Crippen LogP contribution >= 0.6 is 0 Å². The monoisotopic (exact) mass is 369 g/mol. The molecule has 0 aromatic heterocycles. The minimum Gasteiger partial charge on any atom is -0.441 e. The van der Waals surface area contributed by atoms with E-state index in [1.165, 1.54) is 0 Å². The first-order chi connectivity index (χ1) is 12.5. The Labute approximate surface area is 155 Å². The zero-order valence-electron chi connectivity index (χ0n) is 15.9. The average Bonchev–Trinajstić information content (AvgIpc) is 3.27. The first-order valence-electron chi connectivity index (χ1n) is 9.55. The Hall–Kier alpha value is -1.38. The number of hydrogen-bond acceptors (Lipinski definition) is 6. The van der Waals surface area contributed by atoms with E-state index in [2.05, 4.69) is 4.90 Å². The van der Waals surface area contributed by atoms with Crippen LogP contribution in [0.1, 0.15) is 19.3 Å². The molecule has 8 heteroatoms. The molecule has 0 aliphatic carbocycles. The minimum atomic E-state index is -0.425. The molecular weight excluding hydrogens is 338 g/mol. The first kappa shape index (κ1) is 19.4. The highest BCUT2D eigenvalue weighted by atomic mass is 16.6. The molecule has 0 aromatic carbocycles. The number of rotatable bonds is 7. The summed E-state index contributed by atoms with van der Waals surface area (Å²) in [5.74, 6) is 0.201. The van der Waals surface area contributed by atoms with Crippen LogP contribution in [-0.4, -0.2) is 106 Å². The summed E-state index contributed by atoms with van der Waals surface area (Å²) in [6, 6.07) is 0. The smallest absolute Gasteiger partial charge is 0.410 e. The van der Waals surface area contributed by atoms with E-state index in [1.807, 2.05) is 11.9 Å². The number of piperidine rings is 1. The van der Waals surface area contributed by atoms with Crippen LogP contribution in [0.3, 0.4) is 0 Å². The quantitative estimate of drug-likeness (QED) is 0.648. The maximum absolute atomic E-state index is 12.5. The van der Waals surface area contributed by atoms with Crippen LogP contribution < -0.4 is 0 Å². The maximum atomic E-state index is 12.5. The SMILES string of the molecule is COCCN(C)CCN1CC2(CCN(C(=O)[C@@H]3CCOC3)CC2)OC1=O. The lowest BCUT2D eigenvalue weighted by atomic mass is 9.90. The number of likely N-dealkylation sites (tertiary alicyclic amines) is 1. The van der Waals surface area contributed by atoms with Gasteiger partial charge in [0.2, 0.25) is 5.91 Å². The lowest BCUT2D eigenvalue weighted by Gasteiger charge is -2.38. The highest BCUT2D eigenvalue weighted by Crippen LogP contribution is 2.34. The van der Waals surface area contributed by atoms with Crippen molar-refractivity contribution in [3.63, 3.8) is 0 Å². The highest BCUT2D eigenvalue weighted by molar-refractivity contribution is 5.79. The molecule has 3 saturated heterocycles. The molecule has 0 aromatic rings. The minimum absolute atomic E-state index is 0.00862. The molecule has 1 spiro atoms. The first-order valence-corrected chi connectivity index (χ1v) is 9.55. The van der Waals surface area contributed by atoms with Crippen molar-refractivity contribution in [2.45, 2.75) is 24.9 Å². The fourth-order valence-electron chi connectivity index (χ4n) is 3.90. The van der Waals surface area contributed by atoms with Gasteiger partial charge in [-0.25, -0.2) is 4.79 Å². The second kappa shape index (κ2) is 8.54. The normalized spacial score (nSPS) is 25.3. The summed E-state index contributed by atoms with van der Waals surface area (Å²) in [6.45, 7) is 6.13. The lowest BCUT2D eigenvalue weighted by molar-refractivity contribution is -0.138. The van der Waals surface area contributed by atoms with E-state index < -0.39 is 5.60 Å². The molecule has 1 atom stereocenters. The molecule has 0 bridgehead atoms. The molecule has 3 aliphatic heterocycles. The number of carbonyl (C=O) groups is 2. The van der Waals surface area contributed by atoms with Crippen molar-refractivity contribution < 1.29 is 23.8 Å². The third kappa shape index (κ3) is 4.47. The molecule has 0 unspecified atom stereocenters. The van der Waals surface area contributed by atoms with Crippen LogP contribution in [0, 0.1) is 5.92 Å². The van der Waals surface area contributed by atoms with Gasteiger partial charge in [-0.2, -0.15) is 0 Å². The van der Waals surface area contributed by atoms with E-state index in [0.717, 1.165) is 19.5 Å². The van der Waals surface area contributed by atoms with Gasteiger partial charge in [-0.3, -0.25) is 4.79 Å². The third-order valence-corrected chi connectivity index (χ3v) is 5.74. The summed E-state index contributed by atoms with van der Waals surface area (Å²) in [4.78, 5) is 30.6. The third-order valence-electron chi connectivity index (χ3n) is 5.74. The summed E-state index contributed by atoms with van der Waals surface area (Å²) in [5, 5.41) is 0. The Bertz CT molecular complexity index is 501. The molecule has 0 saturated carbocycles. The van der Waals surface area contributed by atoms with Crippen molar-refractivity contribution in [2.24, 2.45) is 5.92 Å². The van der Waals surface area contributed by atoms with Gasteiger partial charge < -0.3 is 28.9 Å². The number of hydrogen-bond donors (Lipinski definition) is 0. The van der Waals surface area contributed by atoms with Crippen molar-refractivity contribution in [3.05, 3.63) is 0 Å². The number of likely N-dealkylation sites (N-methyl/N-ethyl adjacent to an activating group) is 1. The van der Waals surface area contributed by atoms with Crippen molar-refractivity contribution >= 4 is 12.0 Å². The van der Waals surface area contributed by atoms with Gasteiger partial charge in [-0.1, -0.05) is 0 Å². The standard InChI is InChI=1S/C18H31N3O5/c1-19(10-12-24-2)8-9-21-14-18(26-17(21)23)4-6-20(7-5-18)16(22)15-3-11-25-13-15/h15H,3-14H2,1-2H3/t15-/m1/s1. The van der Waals surface area contributed by atoms with Crippen molar-refractivity contribution in [1.29, 1.82) is 0 Å². The zero-order chi connectivity index (χ0) is 18.6. The van der Waals surface area contributed by atoms with Gasteiger partial charge in [0.15, 0.2) is 0 Å². The fraction of sp³-hybridized carbons (Fsp3) is 0.889. The van der Waals surface area contributed by atoms with Gasteiger partial charge in [0.25, 0.3) is 0 Å². The van der Waals surface area contributed by atoms with Gasteiger partial charge in [-0.15, -0.1) is 0 Å². The van der Waals surface area contributed by atoms with Crippen LogP contribution in [-0.2, 0) is 19.0 Å². The molecule has 3 rings (SSSR count). The number of nitrogens with zero attached hydrogens (tertiary/aromatic N) is 3. The van der Waals surface area contributed by atoms with E-state index in [0.29, 0.717) is 58.8 Å². The Morgan fingerprint density at radius 1 is 1.35 bits per heavy atom. The van der Waals surface area contributed by atoms with Gasteiger partial charge in [0, 0.05) is 59.3 Å². The van der Waals surface area contributed by atoms with E-state index in [9.17, 15) is 9.59 Å². The molecule has 26 heavy (non-hydrogen) atoms. The Morgan fingerprint density at radius 3 is 2.77 bits per heavy atom. The maximum Gasteiger partial charge on any atom is 0.410 e. The largest absolute Gasteiger partial charge is 0.441 e. The van der Waals surface area contributed by atoms with E-state index >= 15 is 0 Å². The van der Waals surface area contributed by atoms with Crippen LogP contribution in [0.4, 0.5) is 4.79 Å². The van der Waals surface area contributed by atoms with Gasteiger partial charge in [0.05, 0.1) is 25.7 Å². The van der Waals surface area contributed by atoms with Crippen LogP contribution in [0.25, 0.3) is 0 Å². The van der Waals surface area contributed by atoms with Gasteiger partial charge >= 0.3 is 6.09 Å². The van der Waals surface area contributed by atoms with E-state index in [1.54, 1.807) is 12.0 Å². The van der Waals surface area contributed by atoms with Crippen LogP contribution in [0.2, 0.25) is 0 Å². The van der Waals surface area contributed by atoms with Crippen molar-refractivity contribution in [1.82, 2.24) is 14.7 Å². The summed E-state index contributed by atoms with van der Waals surface area (Å²) < 4.78 is 16.2. The van der Waals surface area contributed by atoms with Crippen molar-refractivity contribution in [3.8, 4) is 0 Å². The molecular formula is C18H31N3O5. The van der Waals surface area contributed by atoms with E-state index in [4.69, 9.17) is 14.2 Å². The number of methoxy groups -OCH3 is 1. The molecule has 3 fully saturated rings. The number of carbonyl (C=O) groups excluding carboxylic acids is 2. The summed E-state index contributed by atoms with van der Waals surface area (Å²) in [7, 11) is 3.71. The molecule has 2 amide bonds. The summed E-state index contributed by atoms with van der Waals surface area (Å²) in [5.41, 5.74) is -0.425.